The first kappa shape index (κ1) is 15.2. The zero-order valence-corrected chi connectivity index (χ0v) is 13.0. The minimum atomic E-state index is 0.00221. The zero-order chi connectivity index (χ0) is 15.2. The van der Waals surface area contributed by atoms with Gasteiger partial charge in [-0.05, 0) is 29.8 Å². The molecule has 0 atom stereocenters. The molecule has 2 rings (SSSR count). The van der Waals surface area contributed by atoms with Crippen LogP contribution in [0.5, 0.6) is 11.5 Å². The Kier molecular flexibility index (Phi) is 5.05. The molecule has 0 aliphatic heterocycles. The van der Waals surface area contributed by atoms with Crippen molar-refractivity contribution < 1.29 is 14.7 Å². The fourth-order valence-electron chi connectivity index (χ4n) is 1.73. The van der Waals surface area contributed by atoms with E-state index in [0.29, 0.717) is 23.7 Å². The number of nitrogens with two attached hydrogens (primary N) is 1. The van der Waals surface area contributed by atoms with E-state index in [4.69, 9.17) is 20.4 Å². The van der Waals surface area contributed by atoms with Crippen molar-refractivity contribution in [1.29, 1.82) is 0 Å². The van der Waals surface area contributed by atoms with Gasteiger partial charge in [-0.25, -0.2) is 0 Å². The molecule has 0 amide bonds. The van der Waals surface area contributed by atoms with Gasteiger partial charge < -0.3 is 20.4 Å². The second-order valence-corrected chi connectivity index (χ2v) is 5.21. The standard InChI is InChI=1S/C15H15BrN2O3/c1-20-13-6-11(15(17)18-19)7-14(8-13)21-9-10-2-4-12(16)5-3-10/h2-8,19H,9H2,1H3,(H2,17,18). The van der Waals surface area contributed by atoms with E-state index >= 15 is 0 Å². The van der Waals surface area contributed by atoms with Crippen LogP contribution in [0.3, 0.4) is 0 Å². The molecule has 0 spiro atoms. The number of rotatable bonds is 5. The topological polar surface area (TPSA) is 77.1 Å². The first-order valence-electron chi connectivity index (χ1n) is 6.16. The average molecular weight is 351 g/mol. The van der Waals surface area contributed by atoms with Crippen LogP contribution in [-0.2, 0) is 6.61 Å². The molecule has 3 N–H and O–H groups in total. The number of benzene rings is 2. The molecule has 2 aromatic rings. The first-order valence-corrected chi connectivity index (χ1v) is 6.96. The molecule has 0 saturated carbocycles. The van der Waals surface area contributed by atoms with Crippen molar-refractivity contribution in [2.24, 2.45) is 10.9 Å². The molecule has 6 heteroatoms. The highest BCUT2D eigenvalue weighted by Gasteiger charge is 2.06. The Morgan fingerprint density at radius 3 is 2.48 bits per heavy atom. The number of nitrogens with zero attached hydrogens (tertiary/aromatic N) is 1. The van der Waals surface area contributed by atoms with Crippen LogP contribution in [0, 0.1) is 0 Å². The van der Waals surface area contributed by atoms with Crippen LogP contribution in [0.4, 0.5) is 0 Å². The normalized spacial score (nSPS) is 11.2. The average Bonchev–Trinajstić information content (AvgIpc) is 2.53. The Balaban J connectivity index is 2.17. The molecule has 0 radical (unpaired) electrons. The van der Waals surface area contributed by atoms with Gasteiger partial charge in [-0.2, -0.15) is 0 Å². The van der Waals surface area contributed by atoms with Crippen LogP contribution < -0.4 is 15.2 Å². The fraction of sp³-hybridized carbons (Fsp3) is 0.133. The van der Waals surface area contributed by atoms with E-state index in [-0.39, 0.29) is 5.84 Å². The van der Waals surface area contributed by atoms with Crippen LogP contribution >= 0.6 is 15.9 Å². The lowest BCUT2D eigenvalue weighted by Gasteiger charge is -2.10. The molecule has 0 saturated heterocycles. The highest BCUT2D eigenvalue weighted by atomic mass is 79.9. The van der Waals surface area contributed by atoms with Crippen LogP contribution in [0.1, 0.15) is 11.1 Å². The number of ether oxygens (including phenoxy) is 2. The summed E-state index contributed by atoms with van der Waals surface area (Å²) in [5, 5.41) is 11.7. The van der Waals surface area contributed by atoms with Gasteiger partial charge >= 0.3 is 0 Å². The van der Waals surface area contributed by atoms with Crippen molar-refractivity contribution in [1.82, 2.24) is 0 Å². The number of hydrogen-bond acceptors (Lipinski definition) is 4. The maximum absolute atomic E-state index is 8.75. The van der Waals surface area contributed by atoms with Gasteiger partial charge in [0.1, 0.15) is 18.1 Å². The van der Waals surface area contributed by atoms with Crippen molar-refractivity contribution in [2.45, 2.75) is 6.61 Å². The van der Waals surface area contributed by atoms with Crippen molar-refractivity contribution in [3.8, 4) is 11.5 Å². The van der Waals surface area contributed by atoms with Gasteiger partial charge in [0.2, 0.25) is 0 Å². The van der Waals surface area contributed by atoms with Gasteiger partial charge in [0.15, 0.2) is 5.84 Å². The summed E-state index contributed by atoms with van der Waals surface area (Å²) in [6, 6.07) is 12.9. The number of oxime groups is 1. The van der Waals surface area contributed by atoms with Gasteiger partial charge in [0.25, 0.3) is 0 Å². The van der Waals surface area contributed by atoms with E-state index in [0.717, 1.165) is 10.0 Å². The van der Waals surface area contributed by atoms with Crippen LogP contribution in [-0.4, -0.2) is 18.2 Å². The summed E-state index contributed by atoms with van der Waals surface area (Å²) in [6.45, 7) is 0.413. The maximum atomic E-state index is 8.75. The highest BCUT2D eigenvalue weighted by Crippen LogP contribution is 2.23. The van der Waals surface area contributed by atoms with Crippen molar-refractivity contribution >= 4 is 21.8 Å². The van der Waals surface area contributed by atoms with Crippen LogP contribution in [0.2, 0.25) is 0 Å². The molecular formula is C15H15BrN2O3. The SMILES string of the molecule is COc1cc(OCc2ccc(Br)cc2)cc(/C(N)=N/O)c1. The Bertz CT molecular complexity index is 642. The highest BCUT2D eigenvalue weighted by molar-refractivity contribution is 9.10. The van der Waals surface area contributed by atoms with Crippen LogP contribution in [0.25, 0.3) is 0 Å². The van der Waals surface area contributed by atoms with Crippen LogP contribution in [0.15, 0.2) is 52.1 Å². The van der Waals surface area contributed by atoms with E-state index in [2.05, 4.69) is 21.1 Å². The maximum Gasteiger partial charge on any atom is 0.170 e. The fourth-order valence-corrected chi connectivity index (χ4v) is 1.99. The first-order chi connectivity index (χ1) is 10.1. The van der Waals surface area contributed by atoms with Gasteiger partial charge in [0.05, 0.1) is 7.11 Å². The Morgan fingerprint density at radius 2 is 1.86 bits per heavy atom. The summed E-state index contributed by atoms with van der Waals surface area (Å²) < 4.78 is 11.9. The second kappa shape index (κ2) is 6.99. The summed E-state index contributed by atoms with van der Waals surface area (Å²) in [5.41, 5.74) is 7.16. The van der Waals surface area contributed by atoms with E-state index in [1.54, 1.807) is 25.3 Å². The molecule has 110 valence electrons. The molecule has 0 unspecified atom stereocenters. The number of amidine groups is 1. The minimum absolute atomic E-state index is 0.00221. The molecule has 21 heavy (non-hydrogen) atoms. The zero-order valence-electron chi connectivity index (χ0n) is 11.4. The smallest absolute Gasteiger partial charge is 0.170 e. The van der Waals surface area contributed by atoms with E-state index in [1.807, 2.05) is 24.3 Å². The molecule has 5 nitrogen and oxygen atoms in total. The van der Waals surface area contributed by atoms with Gasteiger partial charge in [-0.1, -0.05) is 33.2 Å². The third kappa shape index (κ3) is 4.13. The van der Waals surface area contributed by atoms with Crippen molar-refractivity contribution in [3.63, 3.8) is 0 Å². The number of hydrogen-bond donors (Lipinski definition) is 2. The van der Waals surface area contributed by atoms with E-state index in [9.17, 15) is 0 Å². The lowest BCUT2D eigenvalue weighted by Crippen LogP contribution is -2.13. The van der Waals surface area contributed by atoms with Gasteiger partial charge in [-0.15, -0.1) is 0 Å². The van der Waals surface area contributed by atoms with Gasteiger partial charge in [0, 0.05) is 16.1 Å². The molecule has 0 aliphatic carbocycles. The monoisotopic (exact) mass is 350 g/mol. The summed E-state index contributed by atoms with van der Waals surface area (Å²) in [6.07, 6.45) is 0. The number of methoxy groups -OCH3 is 1. The molecule has 0 heterocycles. The largest absolute Gasteiger partial charge is 0.497 e. The van der Waals surface area contributed by atoms with Gasteiger partial charge in [-0.3, -0.25) is 0 Å². The molecule has 0 bridgehead atoms. The number of halogens is 1. The predicted octanol–water partition coefficient (Wildman–Crippen LogP) is 3.13. The third-order valence-electron chi connectivity index (χ3n) is 2.84. The summed E-state index contributed by atoms with van der Waals surface area (Å²) in [4.78, 5) is 0. The summed E-state index contributed by atoms with van der Waals surface area (Å²) in [5.74, 6) is 1.16. The Labute approximate surface area is 131 Å². The Hall–Kier alpha value is -2.21. The van der Waals surface area contributed by atoms with E-state index in [1.165, 1.54) is 0 Å². The summed E-state index contributed by atoms with van der Waals surface area (Å²) in [7, 11) is 1.55. The molecular weight excluding hydrogens is 336 g/mol. The summed E-state index contributed by atoms with van der Waals surface area (Å²) >= 11 is 3.39. The van der Waals surface area contributed by atoms with Crippen molar-refractivity contribution in [2.75, 3.05) is 7.11 Å². The molecule has 2 aromatic carbocycles. The quantitative estimate of drug-likeness (QED) is 0.376. The third-order valence-corrected chi connectivity index (χ3v) is 3.37. The minimum Gasteiger partial charge on any atom is -0.497 e. The Morgan fingerprint density at radius 1 is 1.19 bits per heavy atom. The molecule has 0 aliphatic rings. The van der Waals surface area contributed by atoms with Crippen molar-refractivity contribution in [3.05, 3.63) is 58.1 Å². The lowest BCUT2D eigenvalue weighted by atomic mass is 10.2. The predicted molar refractivity (Wildman–Crippen MR) is 84.0 cm³/mol. The molecule has 0 fully saturated rings. The second-order valence-electron chi connectivity index (χ2n) is 4.30. The molecule has 0 aromatic heterocycles. The van der Waals surface area contributed by atoms with E-state index < -0.39 is 0 Å². The lowest BCUT2D eigenvalue weighted by molar-refractivity contribution is 0.303.